The van der Waals surface area contributed by atoms with Crippen LogP contribution in [0.4, 0.5) is 0 Å². The van der Waals surface area contributed by atoms with E-state index in [0.29, 0.717) is 0 Å². The zero-order chi connectivity index (χ0) is 16.3. The van der Waals surface area contributed by atoms with Crippen molar-refractivity contribution >= 4 is 17.5 Å². The Kier molecular flexibility index (Phi) is 3.28. The Labute approximate surface area is 128 Å². The average Bonchev–Trinajstić information content (AvgIpc) is 2.76. The standard InChI is InChI=1S/C15H19NO6/c1-8(17)11-12-15(4,22-14(2,3)21-12)13(20-11)16-6-5-9(18)7-10(16)19/h5-6,11-13H,7H2,1-4H3/t11-,12-,13-,15-/m1/s1. The summed E-state index contributed by atoms with van der Waals surface area (Å²) in [5, 5.41) is 0. The van der Waals surface area contributed by atoms with Gasteiger partial charge < -0.3 is 14.2 Å². The van der Waals surface area contributed by atoms with Crippen LogP contribution in [0, 0.1) is 0 Å². The molecule has 0 radical (unpaired) electrons. The molecule has 4 atom stereocenters. The van der Waals surface area contributed by atoms with Gasteiger partial charge in [0.1, 0.15) is 17.8 Å². The Hall–Kier alpha value is -1.57. The summed E-state index contributed by atoms with van der Waals surface area (Å²) in [6, 6.07) is 0. The lowest BCUT2D eigenvalue weighted by atomic mass is 9.94. The van der Waals surface area contributed by atoms with Gasteiger partial charge in [-0.05, 0) is 33.8 Å². The van der Waals surface area contributed by atoms with Gasteiger partial charge in [-0.2, -0.15) is 0 Å². The molecule has 22 heavy (non-hydrogen) atoms. The fourth-order valence-electron chi connectivity index (χ4n) is 3.34. The van der Waals surface area contributed by atoms with Crippen LogP contribution in [0.1, 0.15) is 34.1 Å². The number of ketones is 2. The summed E-state index contributed by atoms with van der Waals surface area (Å²) in [5.74, 6) is -1.71. The quantitative estimate of drug-likeness (QED) is 0.692. The third-order valence-corrected chi connectivity index (χ3v) is 4.17. The van der Waals surface area contributed by atoms with E-state index in [-0.39, 0.29) is 23.9 Å². The maximum Gasteiger partial charge on any atom is 0.236 e. The van der Waals surface area contributed by atoms with Crippen molar-refractivity contribution in [3.05, 3.63) is 12.3 Å². The van der Waals surface area contributed by atoms with Crippen molar-refractivity contribution in [2.45, 2.75) is 63.9 Å². The molecule has 1 amide bonds. The largest absolute Gasteiger partial charge is 0.341 e. The molecule has 3 aliphatic heterocycles. The van der Waals surface area contributed by atoms with Crippen LogP contribution < -0.4 is 0 Å². The van der Waals surface area contributed by atoms with Crippen molar-refractivity contribution < 1.29 is 28.6 Å². The number of hydrogen-bond acceptors (Lipinski definition) is 6. The number of allylic oxidation sites excluding steroid dienone is 1. The average molecular weight is 309 g/mol. The highest BCUT2D eigenvalue weighted by Crippen LogP contribution is 2.48. The minimum absolute atomic E-state index is 0.190. The first-order valence-electron chi connectivity index (χ1n) is 7.20. The molecule has 0 aromatic rings. The van der Waals surface area contributed by atoms with E-state index in [1.54, 1.807) is 20.8 Å². The lowest BCUT2D eigenvalue weighted by molar-refractivity contribution is -0.220. The van der Waals surface area contributed by atoms with Gasteiger partial charge >= 0.3 is 0 Å². The molecule has 3 heterocycles. The van der Waals surface area contributed by atoms with Crippen molar-refractivity contribution in [1.82, 2.24) is 4.90 Å². The molecule has 120 valence electrons. The Morgan fingerprint density at radius 1 is 1.32 bits per heavy atom. The van der Waals surface area contributed by atoms with Crippen LogP contribution in [-0.4, -0.2) is 52.2 Å². The van der Waals surface area contributed by atoms with E-state index in [9.17, 15) is 14.4 Å². The van der Waals surface area contributed by atoms with E-state index in [0.717, 1.165) is 0 Å². The lowest BCUT2D eigenvalue weighted by Gasteiger charge is -2.36. The van der Waals surface area contributed by atoms with Crippen molar-refractivity contribution in [3.63, 3.8) is 0 Å². The molecule has 0 unspecified atom stereocenters. The summed E-state index contributed by atoms with van der Waals surface area (Å²) in [4.78, 5) is 36.7. The third kappa shape index (κ3) is 2.20. The van der Waals surface area contributed by atoms with Gasteiger partial charge in [0.2, 0.25) is 5.91 Å². The van der Waals surface area contributed by atoms with Crippen molar-refractivity contribution in [2.24, 2.45) is 0 Å². The number of rotatable bonds is 2. The van der Waals surface area contributed by atoms with Crippen LogP contribution in [0.3, 0.4) is 0 Å². The van der Waals surface area contributed by atoms with E-state index in [2.05, 4.69) is 0 Å². The second kappa shape index (κ2) is 4.71. The monoisotopic (exact) mass is 309 g/mol. The molecule has 0 bridgehead atoms. The predicted molar refractivity (Wildman–Crippen MR) is 73.4 cm³/mol. The van der Waals surface area contributed by atoms with Crippen LogP contribution in [0.2, 0.25) is 0 Å². The first-order chi connectivity index (χ1) is 10.1. The van der Waals surface area contributed by atoms with Crippen molar-refractivity contribution in [1.29, 1.82) is 0 Å². The second-order valence-corrected chi connectivity index (χ2v) is 6.50. The molecular weight excluding hydrogens is 290 g/mol. The van der Waals surface area contributed by atoms with Crippen LogP contribution in [0.25, 0.3) is 0 Å². The third-order valence-electron chi connectivity index (χ3n) is 4.17. The topological polar surface area (TPSA) is 82.1 Å². The fraction of sp³-hybridized carbons (Fsp3) is 0.667. The van der Waals surface area contributed by atoms with Gasteiger partial charge in [0.05, 0.1) is 6.42 Å². The van der Waals surface area contributed by atoms with E-state index >= 15 is 0 Å². The highest BCUT2D eigenvalue weighted by molar-refractivity contribution is 6.06. The molecule has 0 N–H and O–H groups in total. The van der Waals surface area contributed by atoms with E-state index < -0.39 is 29.8 Å². The molecule has 0 aromatic heterocycles. The molecule has 3 rings (SSSR count). The first-order valence-corrected chi connectivity index (χ1v) is 7.20. The number of fused-ring (bicyclic) bond motifs is 1. The minimum atomic E-state index is -0.986. The normalized spacial score (nSPS) is 40.2. The summed E-state index contributed by atoms with van der Waals surface area (Å²) in [6.45, 7) is 6.68. The van der Waals surface area contributed by atoms with E-state index in [1.165, 1.54) is 24.1 Å². The van der Waals surface area contributed by atoms with E-state index in [1.807, 2.05) is 0 Å². The van der Waals surface area contributed by atoms with Gasteiger partial charge in [-0.1, -0.05) is 0 Å². The van der Waals surface area contributed by atoms with E-state index in [4.69, 9.17) is 14.2 Å². The maximum absolute atomic E-state index is 12.2. The van der Waals surface area contributed by atoms with Crippen LogP contribution >= 0.6 is 0 Å². The Morgan fingerprint density at radius 3 is 2.59 bits per heavy atom. The van der Waals surface area contributed by atoms with Crippen LogP contribution in [0.15, 0.2) is 12.3 Å². The van der Waals surface area contributed by atoms with Gasteiger partial charge in [0, 0.05) is 6.20 Å². The zero-order valence-electron chi connectivity index (χ0n) is 13.0. The number of amides is 1. The van der Waals surface area contributed by atoms with Gasteiger partial charge in [-0.25, -0.2) is 0 Å². The number of hydrogen-bond donors (Lipinski definition) is 0. The number of nitrogens with zero attached hydrogens (tertiary/aromatic N) is 1. The summed E-state index contributed by atoms with van der Waals surface area (Å²) in [7, 11) is 0. The molecule has 3 aliphatic rings. The van der Waals surface area contributed by atoms with Gasteiger partial charge in [-0.3, -0.25) is 19.3 Å². The molecule has 0 aliphatic carbocycles. The summed E-state index contributed by atoms with van der Waals surface area (Å²) >= 11 is 0. The molecule has 0 saturated carbocycles. The Bertz CT molecular complexity index is 583. The SMILES string of the molecule is CC(=O)[C@H]1O[C@@H](N2C=CC(=O)CC2=O)[C@]2(C)OC(C)(C)O[C@H]12. The maximum atomic E-state index is 12.2. The van der Waals surface area contributed by atoms with Gasteiger partial charge in [0.25, 0.3) is 0 Å². The molecule has 2 fully saturated rings. The number of carbonyl (C=O) groups is 3. The summed E-state index contributed by atoms with van der Waals surface area (Å²) in [6.07, 6.45) is 0.264. The first kappa shape index (κ1) is 15.3. The lowest BCUT2D eigenvalue weighted by Crippen LogP contribution is -2.53. The zero-order valence-corrected chi connectivity index (χ0v) is 13.0. The molecule has 7 nitrogen and oxygen atoms in total. The smallest absolute Gasteiger partial charge is 0.236 e. The van der Waals surface area contributed by atoms with Gasteiger partial charge in [-0.15, -0.1) is 0 Å². The van der Waals surface area contributed by atoms with Crippen LogP contribution in [-0.2, 0) is 28.6 Å². The molecule has 0 aromatic carbocycles. The molecule has 0 spiro atoms. The predicted octanol–water partition coefficient (Wildman–Crippen LogP) is 0.526. The molecular formula is C15H19NO6. The summed E-state index contributed by atoms with van der Waals surface area (Å²) in [5.41, 5.74) is -0.986. The number of ether oxygens (including phenoxy) is 3. The van der Waals surface area contributed by atoms with Crippen molar-refractivity contribution in [2.75, 3.05) is 0 Å². The molecule has 2 saturated heterocycles. The minimum Gasteiger partial charge on any atom is -0.341 e. The Morgan fingerprint density at radius 2 is 2.00 bits per heavy atom. The number of carbonyl (C=O) groups excluding carboxylic acids is 3. The second-order valence-electron chi connectivity index (χ2n) is 6.50. The Balaban J connectivity index is 1.98. The van der Waals surface area contributed by atoms with Gasteiger partial charge in [0.15, 0.2) is 23.6 Å². The number of Topliss-reactive ketones (excluding diaryl/α,β-unsaturated/α-hetero) is 1. The van der Waals surface area contributed by atoms with Crippen LogP contribution in [0.5, 0.6) is 0 Å². The highest BCUT2D eigenvalue weighted by Gasteiger charge is 2.66. The summed E-state index contributed by atoms with van der Waals surface area (Å²) < 4.78 is 17.6. The molecule has 7 heteroatoms. The fourth-order valence-corrected chi connectivity index (χ4v) is 3.34. The van der Waals surface area contributed by atoms with Crippen molar-refractivity contribution in [3.8, 4) is 0 Å². The highest BCUT2D eigenvalue weighted by atomic mass is 16.8.